The first-order valence-corrected chi connectivity index (χ1v) is 8.92. The summed E-state index contributed by atoms with van der Waals surface area (Å²) in [5.74, 6) is 0. The topological polar surface area (TPSA) is 18.5 Å². The van der Waals surface area contributed by atoms with Gasteiger partial charge in [-0.25, -0.2) is 0 Å². The van der Waals surface area contributed by atoms with Gasteiger partial charge in [-0.15, -0.1) is 0 Å². The second-order valence-corrected chi connectivity index (χ2v) is 7.13. The van der Waals surface area contributed by atoms with Crippen LogP contribution < -0.4 is 0 Å². The molecule has 0 saturated carbocycles. The van der Waals surface area contributed by atoms with Crippen LogP contribution in [0.1, 0.15) is 5.56 Å². The van der Waals surface area contributed by atoms with Crippen LogP contribution >= 0.6 is 0 Å². The highest BCUT2D eigenvalue weighted by atomic mass is 28.3. The molecular weight excluding hydrogens is 288 g/mol. The molecule has 0 aliphatic carbocycles. The number of hydrogen-bond donors (Lipinski definition) is 0. The Balaban J connectivity index is 2.11. The van der Waals surface area contributed by atoms with E-state index in [9.17, 15) is 0 Å². The zero-order chi connectivity index (χ0) is 15.4. The summed E-state index contributed by atoms with van der Waals surface area (Å²) in [6.07, 6.45) is 0. The van der Waals surface area contributed by atoms with Gasteiger partial charge >= 0.3 is 9.28 Å². The third kappa shape index (κ3) is 2.97. The largest absolute Gasteiger partial charge is 0.400 e. The molecule has 0 bridgehead atoms. The molecule has 0 spiro atoms. The van der Waals surface area contributed by atoms with Gasteiger partial charge in [0, 0.05) is 20.3 Å². The molecule has 3 aromatic rings. The van der Waals surface area contributed by atoms with Crippen molar-refractivity contribution in [3.8, 4) is 11.1 Å². The van der Waals surface area contributed by atoms with Crippen molar-refractivity contribution in [3.63, 3.8) is 0 Å². The first-order chi connectivity index (χ1) is 10.8. The summed E-state index contributed by atoms with van der Waals surface area (Å²) in [5.41, 5.74) is 3.62. The summed E-state index contributed by atoms with van der Waals surface area (Å²) in [6, 6.07) is 25.4. The molecule has 3 aromatic carbocycles. The van der Waals surface area contributed by atoms with Crippen LogP contribution in [0.25, 0.3) is 21.9 Å². The smallest absolute Gasteiger partial charge is 0.329 e. The lowest BCUT2D eigenvalue weighted by atomic mass is 9.95. The molecule has 22 heavy (non-hydrogen) atoms. The van der Waals surface area contributed by atoms with Gasteiger partial charge in [0.15, 0.2) is 0 Å². The van der Waals surface area contributed by atoms with Crippen LogP contribution in [0.4, 0.5) is 0 Å². The standard InChI is InChI=1S/C19H19O2Si/c1-20-22(21-2)14-16-9-4-6-12-18(16)19-13-7-10-15-8-3-5-11-17(15)19/h3-14,22H,1-2H3. The van der Waals surface area contributed by atoms with Crippen molar-refractivity contribution >= 4 is 20.1 Å². The molecular formula is C19H19O2Si. The van der Waals surface area contributed by atoms with E-state index in [0.29, 0.717) is 0 Å². The lowest BCUT2D eigenvalue weighted by molar-refractivity contribution is 0.287. The maximum atomic E-state index is 5.44. The number of rotatable bonds is 5. The lowest BCUT2D eigenvalue weighted by Gasteiger charge is -2.15. The van der Waals surface area contributed by atoms with Crippen molar-refractivity contribution in [1.29, 1.82) is 0 Å². The molecule has 0 atom stereocenters. The molecule has 3 heteroatoms. The molecule has 0 saturated heterocycles. The summed E-state index contributed by atoms with van der Waals surface area (Å²) in [6.45, 7) is 0. The Labute approximate surface area is 133 Å². The summed E-state index contributed by atoms with van der Waals surface area (Å²) in [4.78, 5) is 0. The van der Waals surface area contributed by atoms with Crippen LogP contribution in [-0.4, -0.2) is 23.5 Å². The summed E-state index contributed by atoms with van der Waals surface area (Å²) in [7, 11) is 1.65. The van der Waals surface area contributed by atoms with Crippen molar-refractivity contribution < 1.29 is 8.85 Å². The van der Waals surface area contributed by atoms with Crippen LogP contribution in [0.15, 0.2) is 66.7 Å². The molecule has 0 heterocycles. The second-order valence-electron chi connectivity index (χ2n) is 5.12. The highest BCUT2D eigenvalue weighted by Crippen LogP contribution is 2.31. The van der Waals surface area contributed by atoms with Gasteiger partial charge in [0.1, 0.15) is 0 Å². The van der Waals surface area contributed by atoms with Crippen molar-refractivity contribution in [1.82, 2.24) is 0 Å². The normalized spacial score (nSPS) is 11.2. The molecule has 0 aliphatic heterocycles. The Morgan fingerprint density at radius 2 is 1.36 bits per heavy atom. The van der Waals surface area contributed by atoms with E-state index in [2.05, 4.69) is 72.8 Å². The molecule has 3 rings (SSSR count). The van der Waals surface area contributed by atoms with Crippen molar-refractivity contribution in [3.05, 3.63) is 78.3 Å². The van der Waals surface area contributed by atoms with E-state index in [1.54, 1.807) is 14.2 Å². The summed E-state index contributed by atoms with van der Waals surface area (Å²) < 4.78 is 10.9. The third-order valence-corrected chi connectivity index (χ3v) is 5.38. The Morgan fingerprint density at radius 1 is 0.727 bits per heavy atom. The van der Waals surface area contributed by atoms with Crippen LogP contribution in [0.3, 0.4) is 0 Å². The monoisotopic (exact) mass is 307 g/mol. The third-order valence-electron chi connectivity index (χ3n) is 3.82. The van der Waals surface area contributed by atoms with Gasteiger partial charge in [-0.05, 0) is 27.5 Å². The highest BCUT2D eigenvalue weighted by Gasteiger charge is 2.15. The predicted octanol–water partition coefficient (Wildman–Crippen LogP) is 4.11. The minimum atomic E-state index is -1.76. The van der Waals surface area contributed by atoms with E-state index in [1.165, 1.54) is 27.5 Å². The van der Waals surface area contributed by atoms with Crippen molar-refractivity contribution in [2.24, 2.45) is 0 Å². The molecule has 0 unspecified atom stereocenters. The molecule has 0 N–H and O–H groups in total. The Kier molecular flexibility index (Phi) is 4.68. The van der Waals surface area contributed by atoms with E-state index in [4.69, 9.17) is 8.85 Å². The van der Waals surface area contributed by atoms with Crippen molar-refractivity contribution in [2.75, 3.05) is 14.2 Å². The average Bonchev–Trinajstić information content (AvgIpc) is 2.59. The van der Waals surface area contributed by atoms with Crippen molar-refractivity contribution in [2.45, 2.75) is 0 Å². The minimum Gasteiger partial charge on any atom is -0.400 e. The molecule has 1 radical (unpaired) electrons. The fourth-order valence-corrected chi connectivity index (χ4v) is 3.78. The zero-order valence-corrected chi connectivity index (χ0v) is 14.0. The molecule has 0 aromatic heterocycles. The van der Waals surface area contributed by atoms with Gasteiger partial charge in [0.2, 0.25) is 0 Å². The van der Waals surface area contributed by atoms with Gasteiger partial charge < -0.3 is 8.85 Å². The van der Waals surface area contributed by atoms with Crippen LogP contribution in [0.5, 0.6) is 0 Å². The number of hydrogen-bond acceptors (Lipinski definition) is 2. The second kappa shape index (κ2) is 6.88. The van der Waals surface area contributed by atoms with E-state index in [0.717, 1.165) is 0 Å². The Bertz CT molecular complexity index is 761. The fourth-order valence-electron chi connectivity index (χ4n) is 2.73. The zero-order valence-electron chi connectivity index (χ0n) is 12.8. The maximum Gasteiger partial charge on any atom is 0.329 e. The van der Waals surface area contributed by atoms with Gasteiger partial charge in [-0.2, -0.15) is 0 Å². The van der Waals surface area contributed by atoms with Crippen LogP contribution in [0.2, 0.25) is 0 Å². The minimum absolute atomic E-state index is 1.17. The lowest BCUT2D eigenvalue weighted by Crippen LogP contribution is -2.21. The SMILES string of the molecule is CO[SiH]([CH]c1ccccc1-c1cccc2ccccc12)OC. The van der Waals surface area contributed by atoms with E-state index < -0.39 is 9.28 Å². The summed E-state index contributed by atoms with van der Waals surface area (Å²) >= 11 is 0. The Hall–Kier alpha value is -1.94. The maximum absolute atomic E-state index is 5.44. The number of benzene rings is 3. The molecule has 0 aliphatic rings. The van der Waals surface area contributed by atoms with E-state index in [-0.39, 0.29) is 0 Å². The fraction of sp³-hybridized carbons (Fsp3) is 0.105. The first kappa shape index (κ1) is 15.0. The summed E-state index contributed by atoms with van der Waals surface area (Å²) in [5, 5.41) is 2.51. The molecule has 2 nitrogen and oxygen atoms in total. The van der Waals surface area contributed by atoms with Gasteiger partial charge in [-0.1, -0.05) is 66.7 Å². The molecule has 111 valence electrons. The quantitative estimate of drug-likeness (QED) is 0.660. The first-order valence-electron chi connectivity index (χ1n) is 7.31. The van der Waals surface area contributed by atoms with Gasteiger partial charge in [0.25, 0.3) is 0 Å². The average molecular weight is 307 g/mol. The highest BCUT2D eigenvalue weighted by molar-refractivity contribution is 6.50. The molecule has 0 amide bonds. The van der Waals surface area contributed by atoms with E-state index in [1.807, 2.05) is 0 Å². The number of fused-ring (bicyclic) bond motifs is 1. The van der Waals surface area contributed by atoms with Gasteiger partial charge in [0.05, 0.1) is 0 Å². The van der Waals surface area contributed by atoms with Crippen LogP contribution in [-0.2, 0) is 8.85 Å². The Morgan fingerprint density at radius 3 is 2.18 bits per heavy atom. The van der Waals surface area contributed by atoms with Gasteiger partial charge in [-0.3, -0.25) is 0 Å². The van der Waals surface area contributed by atoms with Crippen LogP contribution in [0, 0.1) is 6.04 Å². The predicted molar refractivity (Wildman–Crippen MR) is 94.0 cm³/mol. The van der Waals surface area contributed by atoms with E-state index >= 15 is 0 Å². The molecule has 0 fully saturated rings.